The van der Waals surface area contributed by atoms with Gasteiger partial charge in [0.2, 0.25) is 0 Å². The Morgan fingerprint density at radius 3 is 2.40 bits per heavy atom. The zero-order valence-electron chi connectivity index (χ0n) is 13.8. The van der Waals surface area contributed by atoms with Crippen LogP contribution in [0.25, 0.3) is 0 Å². The summed E-state index contributed by atoms with van der Waals surface area (Å²) in [5.41, 5.74) is 6.22. The fourth-order valence-electron chi connectivity index (χ4n) is 2.90. The molecule has 0 radical (unpaired) electrons. The van der Waals surface area contributed by atoms with Crippen molar-refractivity contribution in [2.45, 2.75) is 12.8 Å². The van der Waals surface area contributed by atoms with Crippen molar-refractivity contribution in [3.8, 4) is 11.5 Å². The van der Waals surface area contributed by atoms with Gasteiger partial charge in [0.05, 0.1) is 0 Å². The van der Waals surface area contributed by atoms with Crippen LogP contribution >= 0.6 is 0 Å². The normalized spacial score (nSPS) is 15.2. The molecular formula is C19H20F2N2O2. The summed E-state index contributed by atoms with van der Waals surface area (Å²) in [5.74, 6) is -0.666. The molecule has 1 amide bonds. The van der Waals surface area contributed by atoms with Crippen molar-refractivity contribution >= 4 is 5.91 Å². The van der Waals surface area contributed by atoms with E-state index in [9.17, 15) is 13.6 Å². The molecule has 3 rings (SSSR count). The quantitative estimate of drug-likeness (QED) is 0.921. The standard InChI is InChI=1S/C19H20F2N2O2/c20-15-3-6-18(17(21)11-15)25-16-4-1-14(2-5-16)19(24)23-9-7-13(12-22)8-10-23/h1-6,11,13H,7-10,12,22H2. The molecule has 0 aliphatic carbocycles. The minimum Gasteiger partial charge on any atom is -0.454 e. The van der Waals surface area contributed by atoms with Crippen LogP contribution in [0.3, 0.4) is 0 Å². The second kappa shape index (κ2) is 7.61. The molecule has 0 atom stereocenters. The van der Waals surface area contributed by atoms with Gasteiger partial charge in [-0.3, -0.25) is 4.79 Å². The number of halogens is 2. The largest absolute Gasteiger partial charge is 0.454 e. The molecule has 0 aromatic heterocycles. The van der Waals surface area contributed by atoms with Gasteiger partial charge in [0.15, 0.2) is 11.6 Å². The number of ether oxygens (including phenoxy) is 1. The number of amides is 1. The van der Waals surface area contributed by atoms with Crippen molar-refractivity contribution in [1.29, 1.82) is 0 Å². The highest BCUT2D eigenvalue weighted by atomic mass is 19.1. The van der Waals surface area contributed by atoms with E-state index in [0.717, 1.165) is 25.0 Å². The number of hydrogen-bond acceptors (Lipinski definition) is 3. The Bertz CT molecular complexity index is 742. The van der Waals surface area contributed by atoms with Gasteiger partial charge >= 0.3 is 0 Å². The number of nitrogens with two attached hydrogens (primary N) is 1. The zero-order valence-corrected chi connectivity index (χ0v) is 13.8. The maximum absolute atomic E-state index is 13.6. The molecule has 1 fully saturated rings. The summed E-state index contributed by atoms with van der Waals surface area (Å²) in [4.78, 5) is 14.3. The Morgan fingerprint density at radius 2 is 1.80 bits per heavy atom. The van der Waals surface area contributed by atoms with Crippen LogP contribution < -0.4 is 10.5 Å². The lowest BCUT2D eigenvalue weighted by Crippen LogP contribution is -2.40. The van der Waals surface area contributed by atoms with Crippen LogP contribution in [0, 0.1) is 17.6 Å². The molecule has 1 saturated heterocycles. The van der Waals surface area contributed by atoms with E-state index in [2.05, 4.69) is 0 Å². The van der Waals surface area contributed by atoms with Crippen LogP contribution in [0.2, 0.25) is 0 Å². The second-order valence-electron chi connectivity index (χ2n) is 6.17. The highest BCUT2D eigenvalue weighted by molar-refractivity contribution is 5.94. The molecule has 1 aliphatic rings. The minimum absolute atomic E-state index is 0.0324. The summed E-state index contributed by atoms with van der Waals surface area (Å²) in [5, 5.41) is 0. The molecule has 1 heterocycles. The van der Waals surface area contributed by atoms with E-state index in [4.69, 9.17) is 10.5 Å². The molecule has 0 bridgehead atoms. The summed E-state index contributed by atoms with van der Waals surface area (Å²) in [6, 6.07) is 9.61. The Hall–Kier alpha value is -2.47. The monoisotopic (exact) mass is 346 g/mol. The average molecular weight is 346 g/mol. The highest BCUT2D eigenvalue weighted by Gasteiger charge is 2.22. The van der Waals surface area contributed by atoms with Gasteiger partial charge in [-0.1, -0.05) is 0 Å². The highest BCUT2D eigenvalue weighted by Crippen LogP contribution is 2.26. The summed E-state index contributed by atoms with van der Waals surface area (Å²) in [7, 11) is 0. The molecule has 2 aromatic carbocycles. The lowest BCUT2D eigenvalue weighted by molar-refractivity contribution is 0.0693. The number of carbonyl (C=O) groups excluding carboxylic acids is 1. The first-order valence-corrected chi connectivity index (χ1v) is 8.29. The minimum atomic E-state index is -0.775. The van der Waals surface area contributed by atoms with E-state index in [1.807, 2.05) is 4.90 Å². The fourth-order valence-corrected chi connectivity index (χ4v) is 2.90. The van der Waals surface area contributed by atoms with E-state index >= 15 is 0 Å². The van der Waals surface area contributed by atoms with Gasteiger partial charge in [-0.25, -0.2) is 8.78 Å². The fraction of sp³-hybridized carbons (Fsp3) is 0.316. The Kier molecular flexibility index (Phi) is 5.28. The number of nitrogens with zero attached hydrogens (tertiary/aromatic N) is 1. The van der Waals surface area contributed by atoms with Crippen molar-refractivity contribution < 1.29 is 18.3 Å². The smallest absolute Gasteiger partial charge is 0.253 e. The SMILES string of the molecule is NCC1CCN(C(=O)c2ccc(Oc3ccc(F)cc3F)cc2)CC1. The number of piperidine rings is 1. The third-order valence-corrected chi connectivity index (χ3v) is 4.46. The van der Waals surface area contributed by atoms with Crippen LogP contribution in [0.4, 0.5) is 8.78 Å². The molecule has 0 spiro atoms. The first-order chi connectivity index (χ1) is 12.1. The molecule has 132 valence electrons. The van der Waals surface area contributed by atoms with Gasteiger partial charge in [-0.2, -0.15) is 0 Å². The van der Waals surface area contributed by atoms with Gasteiger partial charge in [-0.15, -0.1) is 0 Å². The molecule has 2 aromatic rings. The summed E-state index contributed by atoms with van der Waals surface area (Å²) < 4.78 is 31.9. The van der Waals surface area contributed by atoms with Crippen molar-refractivity contribution in [3.63, 3.8) is 0 Å². The van der Waals surface area contributed by atoms with E-state index in [0.29, 0.717) is 36.9 Å². The Balaban J connectivity index is 1.64. The third-order valence-electron chi connectivity index (χ3n) is 4.46. The first-order valence-electron chi connectivity index (χ1n) is 8.29. The molecule has 0 saturated carbocycles. The van der Waals surface area contributed by atoms with Crippen LogP contribution in [0.5, 0.6) is 11.5 Å². The maximum atomic E-state index is 13.6. The predicted molar refractivity (Wildman–Crippen MR) is 90.6 cm³/mol. The first kappa shape index (κ1) is 17.4. The molecule has 25 heavy (non-hydrogen) atoms. The van der Waals surface area contributed by atoms with Gasteiger partial charge < -0.3 is 15.4 Å². The van der Waals surface area contributed by atoms with Crippen LogP contribution in [-0.4, -0.2) is 30.4 Å². The molecule has 0 unspecified atom stereocenters. The average Bonchev–Trinajstić information content (AvgIpc) is 2.64. The van der Waals surface area contributed by atoms with Gasteiger partial charge in [0.1, 0.15) is 11.6 Å². The number of likely N-dealkylation sites (tertiary alicyclic amines) is 1. The number of hydrogen-bond donors (Lipinski definition) is 1. The molecule has 4 nitrogen and oxygen atoms in total. The summed E-state index contributed by atoms with van der Waals surface area (Å²) in [6.45, 7) is 2.08. The number of benzene rings is 2. The van der Waals surface area contributed by atoms with Crippen molar-refractivity contribution in [2.24, 2.45) is 11.7 Å². The van der Waals surface area contributed by atoms with Crippen molar-refractivity contribution in [2.75, 3.05) is 19.6 Å². The lowest BCUT2D eigenvalue weighted by atomic mass is 9.96. The van der Waals surface area contributed by atoms with Gasteiger partial charge in [0.25, 0.3) is 5.91 Å². The van der Waals surface area contributed by atoms with E-state index in [-0.39, 0.29) is 11.7 Å². The topological polar surface area (TPSA) is 55.6 Å². The molecule has 6 heteroatoms. The van der Waals surface area contributed by atoms with Crippen LogP contribution in [-0.2, 0) is 0 Å². The molecule has 2 N–H and O–H groups in total. The third kappa shape index (κ3) is 4.14. The lowest BCUT2D eigenvalue weighted by Gasteiger charge is -2.31. The molecule has 1 aliphatic heterocycles. The van der Waals surface area contributed by atoms with E-state index < -0.39 is 11.6 Å². The van der Waals surface area contributed by atoms with E-state index in [1.165, 1.54) is 6.07 Å². The predicted octanol–water partition coefficient (Wildman–Crippen LogP) is 3.57. The maximum Gasteiger partial charge on any atom is 0.253 e. The van der Waals surface area contributed by atoms with Gasteiger partial charge in [-0.05, 0) is 61.7 Å². The second-order valence-corrected chi connectivity index (χ2v) is 6.17. The van der Waals surface area contributed by atoms with Gasteiger partial charge in [0, 0.05) is 24.7 Å². The Morgan fingerprint density at radius 1 is 1.12 bits per heavy atom. The summed E-state index contributed by atoms with van der Waals surface area (Å²) >= 11 is 0. The van der Waals surface area contributed by atoms with Crippen LogP contribution in [0.15, 0.2) is 42.5 Å². The number of rotatable bonds is 4. The van der Waals surface area contributed by atoms with Crippen LogP contribution in [0.1, 0.15) is 23.2 Å². The zero-order chi connectivity index (χ0) is 17.8. The number of carbonyl (C=O) groups is 1. The molecular weight excluding hydrogens is 326 g/mol. The Labute approximate surface area is 145 Å². The van der Waals surface area contributed by atoms with Crippen molar-refractivity contribution in [1.82, 2.24) is 4.90 Å². The van der Waals surface area contributed by atoms with Crippen molar-refractivity contribution in [3.05, 3.63) is 59.7 Å². The van der Waals surface area contributed by atoms with E-state index in [1.54, 1.807) is 24.3 Å². The summed E-state index contributed by atoms with van der Waals surface area (Å²) in [6.07, 6.45) is 1.85.